The smallest absolute Gasteiger partial charge is 0.340 e. The second kappa shape index (κ2) is 8.81. The Morgan fingerprint density at radius 3 is 2.79 bits per heavy atom. The average molecular weight is 418 g/mol. The van der Waals surface area contributed by atoms with Gasteiger partial charge in [-0.3, -0.25) is 15.1 Å². The lowest BCUT2D eigenvalue weighted by Gasteiger charge is -2.09. The van der Waals surface area contributed by atoms with E-state index in [9.17, 15) is 14.4 Å². The molecule has 2 aromatic heterocycles. The maximum absolute atomic E-state index is 12.3. The van der Waals surface area contributed by atoms with Crippen LogP contribution in [-0.4, -0.2) is 29.5 Å². The van der Waals surface area contributed by atoms with Gasteiger partial charge in [-0.2, -0.15) is 0 Å². The molecule has 3 aromatic rings. The van der Waals surface area contributed by atoms with E-state index in [-0.39, 0.29) is 5.56 Å². The molecule has 2 N–H and O–H groups in total. The average Bonchev–Trinajstić information content (AvgIpc) is 3.18. The molecule has 0 bridgehead atoms. The van der Waals surface area contributed by atoms with E-state index in [2.05, 4.69) is 15.6 Å². The number of aryl methyl sites for hydroxylation is 1. The minimum absolute atomic E-state index is 0.227. The largest absolute Gasteiger partial charge is 0.452 e. The third-order valence-electron chi connectivity index (χ3n) is 3.78. The second-order valence-corrected chi connectivity index (χ2v) is 7.31. The number of pyridine rings is 1. The van der Waals surface area contributed by atoms with Crippen molar-refractivity contribution in [2.75, 3.05) is 6.61 Å². The SMILES string of the molecule is Cc1nc2ccc(Cl)cc2cc1C(=O)OCC(=O)NC(=O)NCc1cccs1. The van der Waals surface area contributed by atoms with Crippen molar-refractivity contribution in [1.82, 2.24) is 15.6 Å². The summed E-state index contributed by atoms with van der Waals surface area (Å²) in [7, 11) is 0. The molecule has 0 fully saturated rings. The summed E-state index contributed by atoms with van der Waals surface area (Å²) in [6.45, 7) is 1.39. The Kier molecular flexibility index (Phi) is 6.23. The zero-order valence-corrected chi connectivity index (χ0v) is 16.4. The first-order chi connectivity index (χ1) is 13.4. The number of nitrogens with zero attached hydrogens (tertiary/aromatic N) is 1. The number of fused-ring (bicyclic) bond motifs is 1. The molecule has 0 aliphatic heterocycles. The molecule has 3 amide bonds. The molecule has 0 aliphatic carbocycles. The van der Waals surface area contributed by atoms with Crippen LogP contribution in [-0.2, 0) is 16.1 Å². The van der Waals surface area contributed by atoms with E-state index in [1.54, 1.807) is 31.2 Å². The van der Waals surface area contributed by atoms with Crippen LogP contribution in [0.5, 0.6) is 0 Å². The number of aromatic nitrogens is 1. The Bertz CT molecular complexity index is 1040. The van der Waals surface area contributed by atoms with Crippen LogP contribution in [0.1, 0.15) is 20.9 Å². The maximum atomic E-state index is 12.3. The number of imide groups is 1. The zero-order chi connectivity index (χ0) is 20.1. The van der Waals surface area contributed by atoms with E-state index < -0.39 is 24.5 Å². The number of esters is 1. The van der Waals surface area contributed by atoms with Crippen LogP contribution in [0.15, 0.2) is 41.8 Å². The lowest BCUT2D eigenvalue weighted by atomic mass is 10.1. The number of rotatable bonds is 5. The van der Waals surface area contributed by atoms with Crippen LogP contribution in [0.25, 0.3) is 10.9 Å². The van der Waals surface area contributed by atoms with Gasteiger partial charge in [0.05, 0.1) is 23.3 Å². The van der Waals surface area contributed by atoms with Gasteiger partial charge in [0.25, 0.3) is 5.91 Å². The first kappa shape index (κ1) is 19.8. The summed E-state index contributed by atoms with van der Waals surface area (Å²) in [5.41, 5.74) is 1.39. The lowest BCUT2D eigenvalue weighted by Crippen LogP contribution is -2.41. The highest BCUT2D eigenvalue weighted by Gasteiger charge is 2.16. The van der Waals surface area contributed by atoms with E-state index in [4.69, 9.17) is 16.3 Å². The molecule has 7 nitrogen and oxygen atoms in total. The number of halogens is 1. The first-order valence-corrected chi connectivity index (χ1v) is 9.52. The third-order valence-corrected chi connectivity index (χ3v) is 4.89. The molecule has 1 aromatic carbocycles. The van der Waals surface area contributed by atoms with Gasteiger partial charge in [0.1, 0.15) is 0 Å². The Hall–Kier alpha value is -2.97. The van der Waals surface area contributed by atoms with Gasteiger partial charge in [-0.05, 0) is 42.6 Å². The molecule has 0 saturated carbocycles. The lowest BCUT2D eigenvalue weighted by molar-refractivity contribution is -0.123. The summed E-state index contributed by atoms with van der Waals surface area (Å²) in [5.74, 6) is -1.44. The number of ether oxygens (including phenoxy) is 1. The molecule has 3 rings (SSSR count). The minimum atomic E-state index is -0.730. The van der Waals surface area contributed by atoms with Crippen LogP contribution in [0.2, 0.25) is 5.02 Å². The van der Waals surface area contributed by atoms with Crippen molar-refractivity contribution in [1.29, 1.82) is 0 Å². The summed E-state index contributed by atoms with van der Waals surface area (Å²) in [6.07, 6.45) is 0. The van der Waals surface area contributed by atoms with E-state index in [1.165, 1.54) is 11.3 Å². The van der Waals surface area contributed by atoms with Crippen LogP contribution in [0.4, 0.5) is 4.79 Å². The van der Waals surface area contributed by atoms with Crippen LogP contribution in [0.3, 0.4) is 0 Å². The Balaban J connectivity index is 1.54. The zero-order valence-electron chi connectivity index (χ0n) is 14.8. The highest BCUT2D eigenvalue weighted by molar-refractivity contribution is 7.09. The van der Waals surface area contributed by atoms with Gasteiger partial charge in [0, 0.05) is 15.3 Å². The second-order valence-electron chi connectivity index (χ2n) is 5.84. The number of hydrogen-bond acceptors (Lipinski definition) is 6. The van der Waals surface area contributed by atoms with Gasteiger partial charge in [0.2, 0.25) is 0 Å². The van der Waals surface area contributed by atoms with E-state index in [1.807, 2.05) is 17.5 Å². The van der Waals surface area contributed by atoms with Gasteiger partial charge in [-0.15, -0.1) is 11.3 Å². The van der Waals surface area contributed by atoms with Crippen molar-refractivity contribution < 1.29 is 19.1 Å². The van der Waals surface area contributed by atoms with Crippen molar-refractivity contribution in [3.8, 4) is 0 Å². The van der Waals surface area contributed by atoms with Crippen molar-refractivity contribution in [2.24, 2.45) is 0 Å². The number of nitrogens with one attached hydrogen (secondary N) is 2. The molecule has 144 valence electrons. The van der Waals surface area contributed by atoms with Crippen molar-refractivity contribution in [3.63, 3.8) is 0 Å². The molecule has 0 atom stereocenters. The third kappa shape index (κ3) is 5.05. The molecule has 2 heterocycles. The fourth-order valence-electron chi connectivity index (χ4n) is 2.45. The van der Waals surface area contributed by atoms with E-state index >= 15 is 0 Å². The standard InChI is InChI=1S/C19H16ClN3O4S/c1-11-15(8-12-7-13(20)4-5-16(12)22-11)18(25)27-10-17(24)23-19(26)21-9-14-3-2-6-28-14/h2-8H,9-10H2,1H3,(H2,21,23,24,26). The molecule has 0 aliphatic rings. The first-order valence-electron chi connectivity index (χ1n) is 8.26. The van der Waals surface area contributed by atoms with Gasteiger partial charge in [-0.25, -0.2) is 9.59 Å². The molecular weight excluding hydrogens is 402 g/mol. The van der Waals surface area contributed by atoms with Crippen LogP contribution >= 0.6 is 22.9 Å². The number of carbonyl (C=O) groups is 3. The summed E-state index contributed by atoms with van der Waals surface area (Å²) >= 11 is 7.45. The van der Waals surface area contributed by atoms with Gasteiger partial charge >= 0.3 is 12.0 Å². The van der Waals surface area contributed by atoms with E-state index in [0.717, 1.165) is 4.88 Å². The minimum Gasteiger partial charge on any atom is -0.452 e. The molecular formula is C19H16ClN3O4S. The molecule has 9 heteroatoms. The fraction of sp³-hybridized carbons (Fsp3) is 0.158. The maximum Gasteiger partial charge on any atom is 0.340 e. The Morgan fingerprint density at radius 2 is 2.04 bits per heavy atom. The van der Waals surface area contributed by atoms with Crippen LogP contribution < -0.4 is 10.6 Å². The van der Waals surface area contributed by atoms with E-state index in [0.29, 0.717) is 28.2 Å². The van der Waals surface area contributed by atoms with Gasteiger partial charge in [-0.1, -0.05) is 17.7 Å². The number of carbonyl (C=O) groups excluding carboxylic acids is 3. The highest BCUT2D eigenvalue weighted by atomic mass is 35.5. The number of hydrogen-bond donors (Lipinski definition) is 2. The molecule has 28 heavy (non-hydrogen) atoms. The molecule has 0 spiro atoms. The Labute approximate surface area is 169 Å². The van der Waals surface area contributed by atoms with Crippen molar-refractivity contribution >= 4 is 51.7 Å². The topological polar surface area (TPSA) is 97.4 Å². The Morgan fingerprint density at radius 1 is 1.21 bits per heavy atom. The van der Waals surface area contributed by atoms with Crippen LogP contribution in [0, 0.1) is 6.92 Å². The predicted molar refractivity (Wildman–Crippen MR) is 106 cm³/mol. The monoisotopic (exact) mass is 417 g/mol. The molecule has 0 radical (unpaired) electrons. The van der Waals surface area contributed by atoms with Crippen molar-refractivity contribution in [2.45, 2.75) is 13.5 Å². The van der Waals surface area contributed by atoms with Gasteiger partial charge in [0.15, 0.2) is 6.61 Å². The highest BCUT2D eigenvalue weighted by Crippen LogP contribution is 2.21. The number of benzene rings is 1. The quantitative estimate of drug-likeness (QED) is 0.620. The van der Waals surface area contributed by atoms with Gasteiger partial charge < -0.3 is 10.1 Å². The van der Waals surface area contributed by atoms with Crippen molar-refractivity contribution in [3.05, 3.63) is 62.9 Å². The summed E-state index contributed by atoms with van der Waals surface area (Å²) < 4.78 is 5.00. The fourth-order valence-corrected chi connectivity index (χ4v) is 3.27. The number of thiophene rings is 1. The molecule has 0 unspecified atom stereocenters. The predicted octanol–water partition coefficient (Wildman–Crippen LogP) is 3.44. The molecule has 0 saturated heterocycles. The number of amides is 3. The summed E-state index contributed by atoms with van der Waals surface area (Å²) in [5, 5.41) is 7.74. The summed E-state index contributed by atoms with van der Waals surface area (Å²) in [6, 6.07) is 9.82. The normalized spacial score (nSPS) is 10.5. The number of urea groups is 1. The summed E-state index contributed by atoms with van der Waals surface area (Å²) in [4.78, 5) is 41.1.